The van der Waals surface area contributed by atoms with E-state index in [9.17, 15) is 4.79 Å². The molecule has 0 saturated carbocycles. The van der Waals surface area contributed by atoms with Gasteiger partial charge >= 0.3 is 5.97 Å². The minimum atomic E-state index is -0.691. The molecule has 1 fully saturated rings. The van der Waals surface area contributed by atoms with E-state index in [2.05, 4.69) is 6.58 Å². The molecule has 1 aliphatic heterocycles. The lowest BCUT2D eigenvalue weighted by Gasteiger charge is -2.39. The Kier molecular flexibility index (Phi) is 4.56. The van der Waals surface area contributed by atoms with E-state index in [1.165, 1.54) is 0 Å². The van der Waals surface area contributed by atoms with Crippen molar-refractivity contribution in [3.63, 3.8) is 0 Å². The molecule has 0 bridgehead atoms. The number of hydrogen-bond acceptors (Lipinski definition) is 4. The van der Waals surface area contributed by atoms with Gasteiger partial charge in [-0.05, 0) is 34.6 Å². The van der Waals surface area contributed by atoms with Gasteiger partial charge < -0.3 is 14.2 Å². The molecule has 0 spiro atoms. The van der Waals surface area contributed by atoms with Gasteiger partial charge in [0.25, 0.3) is 0 Å². The Morgan fingerprint density at radius 3 is 2.56 bits per heavy atom. The van der Waals surface area contributed by atoms with E-state index in [0.29, 0.717) is 6.42 Å². The van der Waals surface area contributed by atoms with Crippen molar-refractivity contribution in [3.05, 3.63) is 12.7 Å². The summed E-state index contributed by atoms with van der Waals surface area (Å²) < 4.78 is 16.7. The zero-order valence-corrected chi connectivity index (χ0v) is 12.0. The molecule has 18 heavy (non-hydrogen) atoms. The quantitative estimate of drug-likeness (QED) is 0.575. The number of carbonyl (C=O) groups is 1. The highest BCUT2D eigenvalue weighted by Gasteiger charge is 2.35. The van der Waals surface area contributed by atoms with Crippen molar-refractivity contribution in [3.8, 4) is 0 Å². The summed E-state index contributed by atoms with van der Waals surface area (Å²) in [6.07, 6.45) is 2.35. The predicted octanol–water partition coefficient (Wildman–Crippen LogP) is 2.81. The van der Waals surface area contributed by atoms with Crippen molar-refractivity contribution in [2.24, 2.45) is 0 Å². The van der Waals surface area contributed by atoms with Gasteiger partial charge in [-0.15, -0.1) is 6.58 Å². The summed E-state index contributed by atoms with van der Waals surface area (Å²) >= 11 is 0. The molecule has 1 aliphatic rings. The van der Waals surface area contributed by atoms with Gasteiger partial charge in [0.05, 0.1) is 18.6 Å². The van der Waals surface area contributed by atoms with E-state index in [1.54, 1.807) is 6.08 Å². The van der Waals surface area contributed by atoms with Gasteiger partial charge in [-0.2, -0.15) is 0 Å². The molecular formula is C14H24O4. The van der Waals surface area contributed by atoms with Gasteiger partial charge in [-0.1, -0.05) is 6.08 Å². The minimum Gasteiger partial charge on any atom is -0.460 e. The monoisotopic (exact) mass is 256 g/mol. The van der Waals surface area contributed by atoms with Gasteiger partial charge in [-0.3, -0.25) is 4.79 Å². The summed E-state index contributed by atoms with van der Waals surface area (Å²) in [6.45, 7) is 13.0. The van der Waals surface area contributed by atoms with Crippen LogP contribution in [0.15, 0.2) is 12.7 Å². The van der Waals surface area contributed by atoms with Gasteiger partial charge in [0, 0.05) is 6.42 Å². The summed E-state index contributed by atoms with van der Waals surface area (Å²) in [7, 11) is 0. The molecule has 0 aromatic heterocycles. The smallest absolute Gasteiger partial charge is 0.308 e. The van der Waals surface area contributed by atoms with E-state index in [1.807, 2.05) is 34.6 Å². The zero-order valence-electron chi connectivity index (χ0n) is 12.0. The highest BCUT2D eigenvalue weighted by Crippen LogP contribution is 2.29. The van der Waals surface area contributed by atoms with Crippen molar-refractivity contribution in [1.82, 2.24) is 0 Å². The van der Waals surface area contributed by atoms with E-state index in [4.69, 9.17) is 14.2 Å². The molecule has 2 atom stereocenters. The highest BCUT2D eigenvalue weighted by molar-refractivity contribution is 5.70. The first kappa shape index (κ1) is 15.2. The molecule has 0 aliphatic carbocycles. The second-order valence-electron chi connectivity index (χ2n) is 6.06. The molecule has 0 N–H and O–H groups in total. The van der Waals surface area contributed by atoms with Crippen molar-refractivity contribution in [1.29, 1.82) is 0 Å². The van der Waals surface area contributed by atoms with Crippen LogP contribution in [0.4, 0.5) is 0 Å². The molecule has 0 aromatic rings. The largest absolute Gasteiger partial charge is 0.460 e. The van der Waals surface area contributed by atoms with Crippen LogP contribution in [0, 0.1) is 0 Å². The maximum Gasteiger partial charge on any atom is 0.308 e. The van der Waals surface area contributed by atoms with Crippen LogP contribution in [0.3, 0.4) is 0 Å². The van der Waals surface area contributed by atoms with Crippen LogP contribution in [-0.2, 0) is 19.0 Å². The summed E-state index contributed by atoms with van der Waals surface area (Å²) in [4.78, 5) is 11.8. The topological polar surface area (TPSA) is 44.8 Å². The molecule has 0 amide bonds. The fraction of sp³-hybridized carbons (Fsp3) is 0.786. The SMILES string of the molecule is C=CC1CC(CC(=O)OC(C)(C)C)OC(C)(C)O1. The number of rotatable bonds is 3. The Hall–Kier alpha value is -0.870. The maximum absolute atomic E-state index is 11.8. The Morgan fingerprint density at radius 2 is 2.06 bits per heavy atom. The third kappa shape index (κ3) is 5.19. The lowest BCUT2D eigenvalue weighted by atomic mass is 10.1. The Labute approximate surface area is 109 Å². The van der Waals surface area contributed by atoms with Crippen LogP contribution in [0.2, 0.25) is 0 Å². The van der Waals surface area contributed by atoms with Crippen molar-refractivity contribution < 1.29 is 19.0 Å². The number of hydrogen-bond donors (Lipinski definition) is 0. The summed E-state index contributed by atoms with van der Waals surface area (Å²) in [5.41, 5.74) is -0.463. The lowest BCUT2D eigenvalue weighted by molar-refractivity contribution is -0.290. The van der Waals surface area contributed by atoms with Gasteiger partial charge in [0.1, 0.15) is 5.60 Å². The van der Waals surface area contributed by atoms with E-state index in [-0.39, 0.29) is 24.6 Å². The Bertz CT molecular complexity index is 314. The van der Waals surface area contributed by atoms with E-state index < -0.39 is 11.4 Å². The van der Waals surface area contributed by atoms with Crippen LogP contribution in [-0.4, -0.2) is 29.6 Å². The summed E-state index contributed by atoms with van der Waals surface area (Å²) in [5, 5.41) is 0. The fourth-order valence-electron chi connectivity index (χ4n) is 1.99. The van der Waals surface area contributed by atoms with Crippen LogP contribution >= 0.6 is 0 Å². The first-order valence-corrected chi connectivity index (χ1v) is 6.31. The van der Waals surface area contributed by atoms with Crippen LogP contribution in [0.5, 0.6) is 0 Å². The Morgan fingerprint density at radius 1 is 1.44 bits per heavy atom. The first-order chi connectivity index (χ1) is 8.11. The molecule has 4 heteroatoms. The maximum atomic E-state index is 11.8. The van der Waals surface area contributed by atoms with E-state index >= 15 is 0 Å². The number of esters is 1. The summed E-state index contributed by atoms with van der Waals surface area (Å²) in [5.74, 6) is -0.933. The second kappa shape index (κ2) is 5.41. The predicted molar refractivity (Wildman–Crippen MR) is 69.1 cm³/mol. The van der Waals surface area contributed by atoms with Gasteiger partial charge in [-0.25, -0.2) is 0 Å². The molecular weight excluding hydrogens is 232 g/mol. The molecule has 4 nitrogen and oxygen atoms in total. The number of ether oxygens (including phenoxy) is 3. The Balaban J connectivity index is 2.56. The van der Waals surface area contributed by atoms with Crippen LogP contribution < -0.4 is 0 Å². The average molecular weight is 256 g/mol. The normalized spacial score (nSPS) is 27.6. The van der Waals surface area contributed by atoms with Crippen molar-refractivity contribution >= 4 is 5.97 Å². The first-order valence-electron chi connectivity index (χ1n) is 6.31. The average Bonchev–Trinajstić information content (AvgIpc) is 2.11. The molecule has 104 valence electrons. The third-order valence-corrected chi connectivity index (χ3v) is 2.46. The van der Waals surface area contributed by atoms with Crippen LogP contribution in [0.1, 0.15) is 47.5 Å². The highest BCUT2D eigenvalue weighted by atomic mass is 16.7. The minimum absolute atomic E-state index is 0.0822. The van der Waals surface area contributed by atoms with Gasteiger partial charge in [0.15, 0.2) is 5.79 Å². The lowest BCUT2D eigenvalue weighted by Crippen LogP contribution is -2.45. The molecule has 2 unspecified atom stereocenters. The fourth-order valence-corrected chi connectivity index (χ4v) is 1.99. The third-order valence-electron chi connectivity index (χ3n) is 2.46. The zero-order chi connectivity index (χ0) is 14.0. The van der Waals surface area contributed by atoms with Crippen molar-refractivity contribution in [2.45, 2.75) is 71.1 Å². The molecule has 0 radical (unpaired) electrons. The van der Waals surface area contributed by atoms with Gasteiger partial charge in [0.2, 0.25) is 0 Å². The van der Waals surface area contributed by atoms with Crippen molar-refractivity contribution in [2.75, 3.05) is 0 Å². The molecule has 1 rings (SSSR count). The summed E-state index contributed by atoms with van der Waals surface area (Å²) in [6, 6.07) is 0. The van der Waals surface area contributed by atoms with E-state index in [0.717, 1.165) is 0 Å². The van der Waals surface area contributed by atoms with Crippen LogP contribution in [0.25, 0.3) is 0 Å². The molecule has 1 saturated heterocycles. The molecule has 0 aromatic carbocycles. The number of carbonyl (C=O) groups excluding carboxylic acids is 1. The second-order valence-corrected chi connectivity index (χ2v) is 6.06. The standard InChI is InChI=1S/C14H24O4/c1-7-10-8-11(17-14(5,6)16-10)9-12(15)18-13(2,3)4/h7,10-11H,1,8-9H2,2-6H3. The molecule has 1 heterocycles.